The minimum Gasteiger partial charge on any atom is -0.336 e. The molecule has 0 bridgehead atoms. The van der Waals surface area contributed by atoms with Crippen LogP contribution in [-0.2, 0) is 6.54 Å². The van der Waals surface area contributed by atoms with Gasteiger partial charge in [0.05, 0.1) is 9.95 Å². The van der Waals surface area contributed by atoms with Gasteiger partial charge in [0.15, 0.2) is 0 Å². The number of piperazine rings is 1. The molecule has 1 amide bonds. The first kappa shape index (κ1) is 18.6. The Morgan fingerprint density at radius 1 is 1.08 bits per heavy atom. The molecule has 26 heavy (non-hydrogen) atoms. The van der Waals surface area contributed by atoms with Gasteiger partial charge < -0.3 is 4.90 Å². The zero-order valence-electron chi connectivity index (χ0n) is 13.9. The Hall–Kier alpha value is -2.15. The van der Waals surface area contributed by atoms with E-state index in [9.17, 15) is 14.9 Å². The molecule has 0 spiro atoms. The Balaban J connectivity index is 1.66. The largest absolute Gasteiger partial charge is 0.336 e. The Bertz CT molecular complexity index is 822. The Morgan fingerprint density at radius 2 is 1.73 bits per heavy atom. The third-order valence-electron chi connectivity index (χ3n) is 4.36. The second-order valence-electron chi connectivity index (χ2n) is 6.10. The third-order valence-corrected chi connectivity index (χ3v) is 5.15. The van der Waals surface area contributed by atoms with E-state index in [-0.39, 0.29) is 27.2 Å². The summed E-state index contributed by atoms with van der Waals surface area (Å²) < 4.78 is 0. The van der Waals surface area contributed by atoms with Crippen molar-refractivity contribution < 1.29 is 9.72 Å². The highest BCUT2D eigenvalue weighted by molar-refractivity contribution is 6.43. The number of rotatable bonds is 4. The lowest BCUT2D eigenvalue weighted by molar-refractivity contribution is -0.384. The van der Waals surface area contributed by atoms with Gasteiger partial charge in [0.25, 0.3) is 11.6 Å². The molecule has 1 heterocycles. The van der Waals surface area contributed by atoms with Crippen LogP contribution in [0.15, 0.2) is 42.5 Å². The first-order valence-corrected chi connectivity index (χ1v) is 8.90. The number of nitro groups is 1. The maximum atomic E-state index is 12.7. The SMILES string of the molecule is O=C(c1cc(Cl)c(Cl)c([N+](=O)[O-])c1)N1CCN(Cc2ccccc2)CC1. The molecule has 0 atom stereocenters. The molecule has 2 aromatic rings. The first-order chi connectivity index (χ1) is 12.5. The summed E-state index contributed by atoms with van der Waals surface area (Å²) in [7, 11) is 0. The van der Waals surface area contributed by atoms with E-state index in [2.05, 4.69) is 17.0 Å². The number of hydrogen-bond donors (Lipinski definition) is 0. The highest BCUT2D eigenvalue weighted by Gasteiger charge is 2.25. The highest BCUT2D eigenvalue weighted by Crippen LogP contribution is 2.33. The van der Waals surface area contributed by atoms with Gasteiger partial charge in [-0.3, -0.25) is 19.8 Å². The molecule has 136 valence electrons. The quantitative estimate of drug-likeness (QED) is 0.584. The number of amides is 1. The summed E-state index contributed by atoms with van der Waals surface area (Å²) in [5, 5.41) is 10.9. The van der Waals surface area contributed by atoms with Gasteiger partial charge in [0.1, 0.15) is 5.02 Å². The van der Waals surface area contributed by atoms with Crippen molar-refractivity contribution in [2.24, 2.45) is 0 Å². The number of hydrogen-bond acceptors (Lipinski definition) is 4. The van der Waals surface area contributed by atoms with E-state index < -0.39 is 4.92 Å². The third kappa shape index (κ3) is 4.15. The number of carbonyl (C=O) groups is 1. The fourth-order valence-corrected chi connectivity index (χ4v) is 3.36. The minimum atomic E-state index is -0.636. The maximum Gasteiger partial charge on any atom is 0.290 e. The predicted octanol–water partition coefficient (Wildman–Crippen LogP) is 3.86. The van der Waals surface area contributed by atoms with Gasteiger partial charge >= 0.3 is 0 Å². The molecular weight excluding hydrogens is 377 g/mol. The highest BCUT2D eigenvalue weighted by atomic mass is 35.5. The summed E-state index contributed by atoms with van der Waals surface area (Å²) in [6, 6.07) is 12.7. The topological polar surface area (TPSA) is 66.7 Å². The van der Waals surface area contributed by atoms with E-state index in [1.165, 1.54) is 17.7 Å². The van der Waals surface area contributed by atoms with Crippen molar-refractivity contribution in [3.63, 3.8) is 0 Å². The van der Waals surface area contributed by atoms with Gasteiger partial charge in [-0.25, -0.2) is 0 Å². The monoisotopic (exact) mass is 393 g/mol. The maximum absolute atomic E-state index is 12.7. The van der Waals surface area contributed by atoms with E-state index in [0.717, 1.165) is 19.6 Å². The van der Waals surface area contributed by atoms with E-state index in [4.69, 9.17) is 23.2 Å². The van der Waals surface area contributed by atoms with E-state index in [0.29, 0.717) is 13.1 Å². The zero-order valence-corrected chi connectivity index (χ0v) is 15.4. The number of carbonyl (C=O) groups excluding carboxylic acids is 1. The number of halogens is 2. The second-order valence-corrected chi connectivity index (χ2v) is 6.89. The van der Waals surface area contributed by atoms with Crippen LogP contribution in [0.3, 0.4) is 0 Å². The van der Waals surface area contributed by atoms with Crippen molar-refractivity contribution in [2.75, 3.05) is 26.2 Å². The molecule has 0 saturated carbocycles. The van der Waals surface area contributed by atoms with Gasteiger partial charge in [-0.05, 0) is 11.6 Å². The standard InChI is InChI=1S/C18H17Cl2N3O3/c19-15-10-14(11-16(17(15)20)23(25)26)18(24)22-8-6-21(7-9-22)12-13-4-2-1-3-5-13/h1-5,10-11H,6-9,12H2. The Kier molecular flexibility index (Phi) is 5.76. The Morgan fingerprint density at radius 3 is 2.35 bits per heavy atom. The van der Waals surface area contributed by atoms with Crippen LogP contribution in [0.2, 0.25) is 10.0 Å². The predicted molar refractivity (Wildman–Crippen MR) is 101 cm³/mol. The molecule has 2 aromatic carbocycles. The molecule has 1 aliphatic heterocycles. The van der Waals surface area contributed by atoms with Gasteiger partial charge in [-0.15, -0.1) is 0 Å². The lowest BCUT2D eigenvalue weighted by Gasteiger charge is -2.34. The lowest BCUT2D eigenvalue weighted by atomic mass is 10.1. The van der Waals surface area contributed by atoms with Crippen molar-refractivity contribution in [1.82, 2.24) is 9.80 Å². The average Bonchev–Trinajstić information content (AvgIpc) is 2.64. The van der Waals surface area contributed by atoms with E-state index in [1.807, 2.05) is 18.2 Å². The summed E-state index contributed by atoms with van der Waals surface area (Å²) in [5.74, 6) is -0.272. The second kappa shape index (κ2) is 8.03. The molecular formula is C18H17Cl2N3O3. The zero-order chi connectivity index (χ0) is 18.7. The normalized spacial score (nSPS) is 15.1. The van der Waals surface area contributed by atoms with Gasteiger partial charge in [0, 0.05) is 44.4 Å². The molecule has 1 aliphatic rings. The van der Waals surface area contributed by atoms with Crippen molar-refractivity contribution in [2.45, 2.75) is 6.54 Å². The van der Waals surface area contributed by atoms with Crippen LogP contribution >= 0.6 is 23.2 Å². The molecule has 0 radical (unpaired) electrons. The van der Waals surface area contributed by atoms with E-state index in [1.54, 1.807) is 4.90 Å². The number of benzene rings is 2. The average molecular weight is 394 g/mol. The van der Waals surface area contributed by atoms with Crippen LogP contribution in [0.1, 0.15) is 15.9 Å². The lowest BCUT2D eigenvalue weighted by Crippen LogP contribution is -2.48. The number of nitro benzene ring substituents is 1. The summed E-state index contributed by atoms with van der Waals surface area (Å²) in [5.41, 5.74) is 1.06. The molecule has 8 heteroatoms. The van der Waals surface area contributed by atoms with Crippen molar-refractivity contribution in [3.05, 3.63) is 73.8 Å². The fourth-order valence-electron chi connectivity index (χ4n) is 2.96. The smallest absolute Gasteiger partial charge is 0.290 e. The van der Waals surface area contributed by atoms with Crippen molar-refractivity contribution in [3.8, 4) is 0 Å². The summed E-state index contributed by atoms with van der Waals surface area (Å²) >= 11 is 11.8. The van der Waals surface area contributed by atoms with Crippen molar-refractivity contribution >= 4 is 34.8 Å². The molecule has 0 aromatic heterocycles. The molecule has 0 unspecified atom stereocenters. The fraction of sp³-hybridized carbons (Fsp3) is 0.278. The summed E-state index contributed by atoms with van der Waals surface area (Å²) in [6.45, 7) is 3.43. The first-order valence-electron chi connectivity index (χ1n) is 8.14. The van der Waals surface area contributed by atoms with Gasteiger partial charge in [-0.2, -0.15) is 0 Å². The molecule has 6 nitrogen and oxygen atoms in total. The van der Waals surface area contributed by atoms with Crippen LogP contribution in [0.25, 0.3) is 0 Å². The van der Waals surface area contributed by atoms with Crippen molar-refractivity contribution in [1.29, 1.82) is 0 Å². The number of nitrogens with zero attached hydrogens (tertiary/aromatic N) is 3. The van der Waals surface area contributed by atoms with Gasteiger partial charge in [0.2, 0.25) is 0 Å². The summed E-state index contributed by atoms with van der Waals surface area (Å²) in [6.07, 6.45) is 0. The van der Waals surface area contributed by atoms with Crippen LogP contribution < -0.4 is 0 Å². The van der Waals surface area contributed by atoms with Gasteiger partial charge in [-0.1, -0.05) is 53.5 Å². The van der Waals surface area contributed by atoms with Crippen LogP contribution in [0.4, 0.5) is 5.69 Å². The molecule has 1 fully saturated rings. The minimum absolute atomic E-state index is 0.00642. The molecule has 3 rings (SSSR count). The van der Waals surface area contributed by atoms with Crippen LogP contribution in [0.5, 0.6) is 0 Å². The van der Waals surface area contributed by atoms with Crippen LogP contribution in [0, 0.1) is 10.1 Å². The summed E-state index contributed by atoms with van der Waals surface area (Å²) in [4.78, 5) is 27.1. The molecule has 0 aliphatic carbocycles. The molecule has 0 N–H and O–H groups in total. The Labute approximate surface area is 161 Å². The van der Waals surface area contributed by atoms with E-state index >= 15 is 0 Å². The molecule has 1 saturated heterocycles. The van der Waals surface area contributed by atoms with Crippen LogP contribution in [-0.4, -0.2) is 46.8 Å².